The lowest BCUT2D eigenvalue weighted by Crippen LogP contribution is -2.21. The smallest absolute Gasteiger partial charge is 0.166 e. The Balaban J connectivity index is 3.18. The first-order chi connectivity index (χ1) is 6.99. The van der Waals surface area contributed by atoms with Crippen LogP contribution in [0.4, 0.5) is 13.2 Å². The molecule has 0 fully saturated rings. The molecule has 1 nitrogen and oxygen atoms in total. The van der Waals surface area contributed by atoms with Gasteiger partial charge in [-0.15, -0.1) is 0 Å². The molecule has 0 aliphatic rings. The Labute approximate surface area is 87.1 Å². The molecule has 4 heteroatoms. The molecule has 0 aliphatic carbocycles. The van der Waals surface area contributed by atoms with E-state index in [9.17, 15) is 13.2 Å². The Hall–Kier alpha value is -1.03. The van der Waals surface area contributed by atoms with E-state index in [0.29, 0.717) is 6.42 Å². The maximum atomic E-state index is 13.3. The first-order valence-corrected chi connectivity index (χ1v) is 4.88. The topological polar surface area (TPSA) is 26.0 Å². The molecule has 0 spiro atoms. The molecule has 84 valence electrons. The van der Waals surface area contributed by atoms with Crippen molar-refractivity contribution >= 4 is 0 Å². The highest BCUT2D eigenvalue weighted by Crippen LogP contribution is 2.27. The van der Waals surface area contributed by atoms with E-state index in [0.717, 1.165) is 12.1 Å². The van der Waals surface area contributed by atoms with E-state index in [1.807, 2.05) is 6.92 Å². The van der Waals surface area contributed by atoms with Crippen LogP contribution in [-0.2, 0) is 0 Å². The molecular weight excluding hydrogens is 203 g/mol. The molecule has 0 bridgehead atoms. The Kier molecular flexibility index (Phi) is 3.74. The molecule has 15 heavy (non-hydrogen) atoms. The largest absolute Gasteiger partial charge is 0.324 e. The van der Waals surface area contributed by atoms with Gasteiger partial charge in [-0.25, -0.2) is 13.2 Å². The molecule has 1 rings (SSSR count). The Morgan fingerprint density at radius 3 is 2.27 bits per heavy atom. The molecule has 0 radical (unpaired) electrons. The van der Waals surface area contributed by atoms with Crippen LogP contribution in [0.25, 0.3) is 0 Å². The molecule has 1 aromatic rings. The van der Waals surface area contributed by atoms with Crippen LogP contribution in [0, 0.1) is 23.4 Å². The minimum atomic E-state index is -1.18. The Morgan fingerprint density at radius 1 is 1.20 bits per heavy atom. The molecule has 0 amide bonds. The molecule has 1 unspecified atom stereocenters. The van der Waals surface area contributed by atoms with Gasteiger partial charge in [0.05, 0.1) is 0 Å². The van der Waals surface area contributed by atoms with Crippen molar-refractivity contribution in [2.24, 2.45) is 11.7 Å². The summed E-state index contributed by atoms with van der Waals surface area (Å²) >= 11 is 0. The van der Waals surface area contributed by atoms with Gasteiger partial charge in [0.2, 0.25) is 0 Å². The summed E-state index contributed by atoms with van der Waals surface area (Å²) in [7, 11) is 0. The molecule has 1 aromatic carbocycles. The van der Waals surface area contributed by atoms with Crippen LogP contribution in [0.3, 0.4) is 0 Å². The van der Waals surface area contributed by atoms with E-state index in [4.69, 9.17) is 5.73 Å². The number of nitrogens with two attached hydrogens (primary N) is 1. The van der Waals surface area contributed by atoms with Gasteiger partial charge in [-0.2, -0.15) is 0 Å². The summed E-state index contributed by atoms with van der Waals surface area (Å²) in [5.74, 6) is -3.13. The van der Waals surface area contributed by atoms with E-state index >= 15 is 0 Å². The van der Waals surface area contributed by atoms with Crippen molar-refractivity contribution in [1.82, 2.24) is 0 Å². The number of rotatable bonds is 3. The molecule has 2 atom stereocenters. The van der Waals surface area contributed by atoms with Gasteiger partial charge in [0.1, 0.15) is 5.82 Å². The van der Waals surface area contributed by atoms with Crippen molar-refractivity contribution in [2.45, 2.75) is 26.3 Å². The van der Waals surface area contributed by atoms with E-state index in [-0.39, 0.29) is 11.5 Å². The van der Waals surface area contributed by atoms with Crippen LogP contribution >= 0.6 is 0 Å². The predicted octanol–water partition coefficient (Wildman–Crippen LogP) is 3.15. The minimum absolute atomic E-state index is 0.101. The van der Waals surface area contributed by atoms with E-state index < -0.39 is 23.5 Å². The number of halogens is 3. The van der Waals surface area contributed by atoms with Crippen molar-refractivity contribution in [1.29, 1.82) is 0 Å². The van der Waals surface area contributed by atoms with Crippen molar-refractivity contribution in [3.8, 4) is 0 Å². The van der Waals surface area contributed by atoms with Gasteiger partial charge in [-0.1, -0.05) is 20.3 Å². The monoisotopic (exact) mass is 217 g/mol. The van der Waals surface area contributed by atoms with Gasteiger partial charge in [-0.05, 0) is 18.1 Å². The summed E-state index contributed by atoms with van der Waals surface area (Å²) in [6.45, 7) is 3.63. The molecular formula is C11H14F3N. The van der Waals surface area contributed by atoms with E-state index in [1.54, 1.807) is 6.92 Å². The SMILES string of the molecule is CCC(C)[C@@H](N)c1c(F)ccc(F)c1F. The lowest BCUT2D eigenvalue weighted by atomic mass is 9.92. The highest BCUT2D eigenvalue weighted by atomic mass is 19.2. The minimum Gasteiger partial charge on any atom is -0.324 e. The normalized spacial score (nSPS) is 15.1. The summed E-state index contributed by atoms with van der Waals surface area (Å²) in [5, 5.41) is 0. The molecule has 0 aliphatic heterocycles. The van der Waals surface area contributed by atoms with E-state index in [1.165, 1.54) is 0 Å². The molecule has 0 aromatic heterocycles. The summed E-state index contributed by atoms with van der Waals surface area (Å²) in [5.41, 5.74) is 5.32. The average molecular weight is 217 g/mol. The second-order valence-corrected chi connectivity index (χ2v) is 3.67. The van der Waals surface area contributed by atoms with Gasteiger partial charge in [-0.3, -0.25) is 0 Å². The van der Waals surface area contributed by atoms with Crippen LogP contribution < -0.4 is 5.73 Å². The second kappa shape index (κ2) is 4.66. The molecule has 0 saturated carbocycles. The van der Waals surface area contributed by atoms with Crippen LogP contribution in [0.5, 0.6) is 0 Å². The van der Waals surface area contributed by atoms with Gasteiger partial charge in [0.25, 0.3) is 0 Å². The lowest BCUT2D eigenvalue weighted by molar-refractivity contribution is 0.403. The highest BCUT2D eigenvalue weighted by Gasteiger charge is 2.23. The first kappa shape index (κ1) is 12.0. The highest BCUT2D eigenvalue weighted by molar-refractivity contribution is 5.24. The molecule has 0 saturated heterocycles. The third-order valence-electron chi connectivity index (χ3n) is 2.67. The van der Waals surface area contributed by atoms with Crippen molar-refractivity contribution in [3.05, 3.63) is 35.1 Å². The number of hydrogen-bond acceptors (Lipinski definition) is 1. The van der Waals surface area contributed by atoms with E-state index in [2.05, 4.69) is 0 Å². The summed E-state index contributed by atoms with van der Waals surface area (Å²) in [6, 6.07) is 0.846. The zero-order chi connectivity index (χ0) is 11.6. The zero-order valence-corrected chi connectivity index (χ0v) is 8.73. The summed E-state index contributed by atoms with van der Waals surface area (Å²) < 4.78 is 39.5. The van der Waals surface area contributed by atoms with Crippen LogP contribution in [0.1, 0.15) is 31.9 Å². The van der Waals surface area contributed by atoms with Crippen LogP contribution in [0.15, 0.2) is 12.1 Å². The van der Waals surface area contributed by atoms with Gasteiger partial charge < -0.3 is 5.73 Å². The Morgan fingerprint density at radius 2 is 1.73 bits per heavy atom. The van der Waals surface area contributed by atoms with Crippen molar-refractivity contribution in [2.75, 3.05) is 0 Å². The van der Waals surface area contributed by atoms with Crippen molar-refractivity contribution in [3.63, 3.8) is 0 Å². The average Bonchev–Trinajstić information content (AvgIpc) is 2.22. The predicted molar refractivity (Wildman–Crippen MR) is 52.7 cm³/mol. The summed E-state index contributed by atoms with van der Waals surface area (Å²) in [6.07, 6.45) is 0.677. The summed E-state index contributed by atoms with van der Waals surface area (Å²) in [4.78, 5) is 0. The number of hydrogen-bond donors (Lipinski definition) is 1. The fourth-order valence-corrected chi connectivity index (χ4v) is 1.39. The second-order valence-electron chi connectivity index (χ2n) is 3.67. The third kappa shape index (κ3) is 2.31. The quantitative estimate of drug-likeness (QED) is 0.773. The molecule has 0 heterocycles. The van der Waals surface area contributed by atoms with Gasteiger partial charge in [0, 0.05) is 11.6 Å². The third-order valence-corrected chi connectivity index (χ3v) is 2.67. The maximum absolute atomic E-state index is 13.3. The first-order valence-electron chi connectivity index (χ1n) is 4.88. The van der Waals surface area contributed by atoms with Gasteiger partial charge in [0.15, 0.2) is 11.6 Å². The van der Waals surface area contributed by atoms with Gasteiger partial charge >= 0.3 is 0 Å². The lowest BCUT2D eigenvalue weighted by Gasteiger charge is -2.19. The maximum Gasteiger partial charge on any atom is 0.166 e. The fourth-order valence-electron chi connectivity index (χ4n) is 1.39. The number of benzene rings is 1. The Bertz CT molecular complexity index is 352. The fraction of sp³-hybridized carbons (Fsp3) is 0.455. The van der Waals surface area contributed by atoms with Crippen LogP contribution in [-0.4, -0.2) is 0 Å². The standard InChI is InChI=1S/C11H14F3N/c1-3-6(2)11(15)9-7(12)4-5-8(13)10(9)14/h4-6,11H,3,15H2,1-2H3/t6?,11-/m1/s1. The molecule has 2 N–H and O–H groups in total. The van der Waals surface area contributed by atoms with Crippen molar-refractivity contribution < 1.29 is 13.2 Å². The zero-order valence-electron chi connectivity index (χ0n) is 8.73. The van der Waals surface area contributed by atoms with Crippen LogP contribution in [0.2, 0.25) is 0 Å².